The Balaban J connectivity index is 3.56. The Morgan fingerprint density at radius 3 is 2.62 bits per heavy atom. The standard InChI is InChI=1S/C2H6N3O2S/c1-8-2(3)4-5(6)7/h4H,3H2,1H3/q+1. The minimum atomic E-state index is -0.703. The van der Waals surface area contributed by atoms with Gasteiger partial charge in [-0.1, -0.05) is 0 Å². The lowest BCUT2D eigenvalue weighted by molar-refractivity contribution is -0.524. The quantitative estimate of drug-likeness (QED) is 0.199. The van der Waals surface area contributed by atoms with Crippen molar-refractivity contribution in [2.45, 2.75) is 0 Å². The molecule has 0 radical (unpaired) electrons. The second-order valence-corrected chi connectivity index (χ2v) is 1.79. The monoisotopic (exact) mass is 136 g/mol. The van der Waals surface area contributed by atoms with Crippen molar-refractivity contribution in [1.82, 2.24) is 5.43 Å². The highest BCUT2D eigenvalue weighted by molar-refractivity contribution is 7.77. The molecule has 0 aliphatic carbocycles. The summed E-state index contributed by atoms with van der Waals surface area (Å²) in [7, 11) is 0. The van der Waals surface area contributed by atoms with Crippen LogP contribution < -0.4 is 11.2 Å². The number of hydrogen-bond donors (Lipinski definition) is 2. The van der Waals surface area contributed by atoms with Gasteiger partial charge in [-0.15, -0.1) is 0 Å². The molecule has 6 heteroatoms. The van der Waals surface area contributed by atoms with Gasteiger partial charge in [0.05, 0.1) is 0 Å². The van der Waals surface area contributed by atoms with Gasteiger partial charge in [0, 0.05) is 0 Å². The first-order chi connectivity index (χ1) is 3.66. The Kier molecular flexibility index (Phi) is 2.97. The van der Waals surface area contributed by atoms with Gasteiger partial charge < -0.3 is 0 Å². The van der Waals surface area contributed by atoms with Crippen molar-refractivity contribution in [2.75, 3.05) is 6.26 Å². The fourth-order valence-electron chi connectivity index (χ4n) is 0.136. The van der Waals surface area contributed by atoms with Crippen molar-refractivity contribution in [3.05, 3.63) is 10.1 Å². The van der Waals surface area contributed by atoms with Crippen molar-refractivity contribution in [1.29, 1.82) is 0 Å². The van der Waals surface area contributed by atoms with Crippen LogP contribution >= 0.6 is 0 Å². The van der Waals surface area contributed by atoms with Gasteiger partial charge in [0.15, 0.2) is 11.3 Å². The first-order valence-electron chi connectivity index (χ1n) is 1.74. The van der Waals surface area contributed by atoms with E-state index >= 15 is 0 Å². The smallest absolute Gasteiger partial charge is 0.234 e. The topological polar surface area (TPSA) is 81.2 Å². The summed E-state index contributed by atoms with van der Waals surface area (Å²) in [6.07, 6.45) is 1.64. The van der Waals surface area contributed by atoms with Gasteiger partial charge in [0.1, 0.15) is 0 Å². The lowest BCUT2D eigenvalue weighted by atomic mass is 11.2. The van der Waals surface area contributed by atoms with Crippen LogP contribution in [-0.2, 0) is 11.4 Å². The highest BCUT2D eigenvalue weighted by atomic mass is 32.1. The predicted octanol–water partition coefficient (Wildman–Crippen LogP) is -1.47. The first-order valence-corrected chi connectivity index (χ1v) is 2.96. The van der Waals surface area contributed by atoms with Gasteiger partial charge in [-0.2, -0.15) is 0 Å². The number of nitrogens with one attached hydrogen (secondary N) is 1. The van der Waals surface area contributed by atoms with Crippen molar-refractivity contribution in [2.24, 2.45) is 5.73 Å². The van der Waals surface area contributed by atoms with Crippen LogP contribution in [0.15, 0.2) is 0 Å². The van der Waals surface area contributed by atoms with E-state index < -0.39 is 5.03 Å². The van der Waals surface area contributed by atoms with Crippen LogP contribution in [0.1, 0.15) is 0 Å². The number of nitrogens with zero attached hydrogens (tertiary/aromatic N) is 1. The van der Waals surface area contributed by atoms with Gasteiger partial charge in [-0.05, 0) is 5.43 Å². The SMILES string of the molecule is C/[S+]=C(\N)N[N+](=O)[O-]. The van der Waals surface area contributed by atoms with E-state index in [9.17, 15) is 10.1 Å². The molecule has 0 aliphatic heterocycles. The van der Waals surface area contributed by atoms with Gasteiger partial charge in [-0.3, -0.25) is 0 Å². The summed E-state index contributed by atoms with van der Waals surface area (Å²) >= 11 is 1.09. The zero-order valence-corrected chi connectivity index (χ0v) is 5.07. The molecule has 8 heavy (non-hydrogen) atoms. The van der Waals surface area contributed by atoms with Crippen LogP contribution in [0.25, 0.3) is 0 Å². The number of rotatable bonds is 1. The minimum absolute atomic E-state index is 0.0926. The van der Waals surface area contributed by atoms with Gasteiger partial charge in [0.25, 0.3) is 0 Å². The van der Waals surface area contributed by atoms with Crippen molar-refractivity contribution in [3.63, 3.8) is 0 Å². The van der Waals surface area contributed by atoms with Crippen LogP contribution in [0.2, 0.25) is 0 Å². The van der Waals surface area contributed by atoms with Crippen LogP contribution in [0.3, 0.4) is 0 Å². The molecule has 0 bridgehead atoms. The molecule has 46 valence electrons. The number of nitrogens with two attached hydrogens (primary N) is 1. The second kappa shape index (κ2) is 3.28. The highest BCUT2D eigenvalue weighted by Crippen LogP contribution is 1.54. The summed E-state index contributed by atoms with van der Waals surface area (Å²) < 4.78 is 0. The summed E-state index contributed by atoms with van der Waals surface area (Å²) in [6.45, 7) is 0. The normalized spacial score (nSPS) is 11.0. The Hall–Kier alpha value is -0.750. The Labute approximate surface area is 49.9 Å². The third kappa shape index (κ3) is 3.44. The van der Waals surface area contributed by atoms with E-state index in [2.05, 4.69) is 0 Å². The average molecular weight is 136 g/mol. The molecule has 0 amide bonds. The fraction of sp³-hybridized carbons (Fsp3) is 0.500. The van der Waals surface area contributed by atoms with Gasteiger partial charge in [-0.25, -0.2) is 15.8 Å². The molecule has 0 aromatic rings. The summed E-state index contributed by atoms with van der Waals surface area (Å²) in [5, 5.41) is 8.94. The summed E-state index contributed by atoms with van der Waals surface area (Å²) in [5.41, 5.74) is 6.77. The molecular formula is C2H6N3O2S+. The molecule has 5 nitrogen and oxygen atoms in total. The van der Waals surface area contributed by atoms with E-state index in [0.717, 1.165) is 11.4 Å². The summed E-state index contributed by atoms with van der Waals surface area (Å²) in [6, 6.07) is 0. The van der Waals surface area contributed by atoms with Crippen molar-refractivity contribution < 1.29 is 5.03 Å². The molecule has 0 aliphatic rings. The molecule has 3 N–H and O–H groups in total. The van der Waals surface area contributed by atoms with Crippen LogP contribution in [0, 0.1) is 10.1 Å². The van der Waals surface area contributed by atoms with Crippen LogP contribution in [-0.4, -0.2) is 16.4 Å². The Bertz CT molecular complexity index is 122. The van der Waals surface area contributed by atoms with E-state index in [-0.39, 0.29) is 5.11 Å². The molecule has 0 aromatic heterocycles. The molecule has 0 rings (SSSR count). The molecule has 0 atom stereocenters. The van der Waals surface area contributed by atoms with Crippen LogP contribution in [0.4, 0.5) is 0 Å². The third-order valence-electron chi connectivity index (χ3n) is 0.421. The van der Waals surface area contributed by atoms with E-state index in [0.29, 0.717) is 0 Å². The third-order valence-corrected chi connectivity index (χ3v) is 0.953. The summed E-state index contributed by atoms with van der Waals surface area (Å²) in [4.78, 5) is 9.55. The molecule has 0 saturated carbocycles. The average Bonchev–Trinajstić information content (AvgIpc) is 1.65. The maximum Gasteiger partial charge on any atom is 0.395 e. The molecule has 0 saturated heterocycles. The first kappa shape index (κ1) is 7.25. The number of hydrazine groups is 1. The van der Waals surface area contributed by atoms with Crippen molar-refractivity contribution >= 4 is 16.5 Å². The minimum Gasteiger partial charge on any atom is -0.234 e. The molecule has 0 fully saturated rings. The highest BCUT2D eigenvalue weighted by Gasteiger charge is 2.04. The Morgan fingerprint density at radius 2 is 2.50 bits per heavy atom. The van der Waals surface area contributed by atoms with Gasteiger partial charge in [0.2, 0.25) is 11.4 Å². The molecule has 0 aromatic carbocycles. The van der Waals surface area contributed by atoms with E-state index in [1.807, 2.05) is 0 Å². The van der Waals surface area contributed by atoms with E-state index in [4.69, 9.17) is 5.73 Å². The zero-order chi connectivity index (χ0) is 6.57. The van der Waals surface area contributed by atoms with E-state index in [1.165, 1.54) is 0 Å². The van der Waals surface area contributed by atoms with Gasteiger partial charge >= 0.3 is 5.11 Å². The van der Waals surface area contributed by atoms with E-state index in [1.54, 1.807) is 11.7 Å². The maximum absolute atomic E-state index is 9.55. The fourth-order valence-corrected chi connectivity index (χ4v) is 0.301. The largest absolute Gasteiger partial charge is 0.395 e. The van der Waals surface area contributed by atoms with Crippen LogP contribution in [0.5, 0.6) is 0 Å². The lowest BCUT2D eigenvalue weighted by Crippen LogP contribution is -2.36. The number of nitro groups is 1. The number of hydrogen-bond acceptors (Lipinski definition) is 2. The molecular weight excluding hydrogens is 130 g/mol. The second-order valence-electron chi connectivity index (χ2n) is 0.937. The van der Waals surface area contributed by atoms with Crippen molar-refractivity contribution in [3.8, 4) is 0 Å². The predicted molar refractivity (Wildman–Crippen MR) is 32.6 cm³/mol. The summed E-state index contributed by atoms with van der Waals surface area (Å²) in [5.74, 6) is 0. The Morgan fingerprint density at radius 1 is 2.00 bits per heavy atom. The molecule has 0 unspecified atom stereocenters. The lowest BCUT2D eigenvalue weighted by Gasteiger charge is -1.81. The zero-order valence-electron chi connectivity index (χ0n) is 4.25. The maximum atomic E-state index is 9.55. The molecule has 0 spiro atoms. The molecule has 0 heterocycles.